The summed E-state index contributed by atoms with van der Waals surface area (Å²) in [6.07, 6.45) is 1.06. The first-order chi connectivity index (χ1) is 9.40. The first kappa shape index (κ1) is 15.8. The molecule has 1 aromatic carbocycles. The van der Waals surface area contributed by atoms with Crippen LogP contribution in [-0.2, 0) is 19.1 Å². The number of carbonyl (C=O) groups excluding carboxylic acids is 2. The van der Waals surface area contributed by atoms with Crippen LogP contribution in [0.5, 0.6) is 0 Å². The number of hydrogen-bond donors (Lipinski definition) is 0. The summed E-state index contributed by atoms with van der Waals surface area (Å²) in [5, 5.41) is 11.0. The average Bonchev–Trinajstić information content (AvgIpc) is 2.44. The number of nitro benzene ring substituents is 1. The van der Waals surface area contributed by atoms with Gasteiger partial charge in [-0.1, -0.05) is 15.9 Å². The van der Waals surface area contributed by atoms with Crippen molar-refractivity contribution < 1.29 is 24.0 Å². The van der Waals surface area contributed by atoms with Crippen LogP contribution in [0.3, 0.4) is 0 Å². The molecule has 0 unspecified atom stereocenters. The van der Waals surface area contributed by atoms with Crippen LogP contribution < -0.4 is 0 Å². The molecule has 0 aromatic heterocycles. The van der Waals surface area contributed by atoms with E-state index in [2.05, 4.69) is 25.4 Å². The molecule has 1 rings (SSSR count). The van der Waals surface area contributed by atoms with Gasteiger partial charge in [0, 0.05) is 10.5 Å². The average molecular weight is 344 g/mol. The molecule has 0 spiro atoms. The smallest absolute Gasteiger partial charge is 0.345 e. The zero-order valence-electron chi connectivity index (χ0n) is 10.6. The fraction of sp³-hybridized carbons (Fsp3) is 0.167. The van der Waals surface area contributed by atoms with Crippen LogP contribution in [0.15, 0.2) is 28.2 Å². The lowest BCUT2D eigenvalue weighted by Gasteiger charge is -2.04. The Morgan fingerprint density at radius 1 is 1.25 bits per heavy atom. The lowest BCUT2D eigenvalue weighted by molar-refractivity contribution is -0.385. The SMILES string of the molecule is COC(=O)C(=Cc1ccc(Br)cc1[N+](=O)[O-])C(=O)OC. The predicted molar refractivity (Wildman–Crippen MR) is 72.8 cm³/mol. The van der Waals surface area contributed by atoms with E-state index in [1.54, 1.807) is 6.07 Å². The molecule has 0 saturated carbocycles. The van der Waals surface area contributed by atoms with Crippen molar-refractivity contribution in [2.24, 2.45) is 0 Å². The molecule has 0 saturated heterocycles. The molecule has 0 heterocycles. The maximum atomic E-state index is 11.5. The fourth-order valence-electron chi connectivity index (χ4n) is 1.37. The van der Waals surface area contributed by atoms with Crippen LogP contribution in [0.2, 0.25) is 0 Å². The van der Waals surface area contributed by atoms with Crippen molar-refractivity contribution in [1.82, 2.24) is 0 Å². The summed E-state index contributed by atoms with van der Waals surface area (Å²) in [7, 11) is 2.18. The van der Waals surface area contributed by atoms with Gasteiger partial charge >= 0.3 is 11.9 Å². The molecule has 7 nitrogen and oxygen atoms in total. The van der Waals surface area contributed by atoms with Gasteiger partial charge in [0.15, 0.2) is 0 Å². The molecule has 0 atom stereocenters. The van der Waals surface area contributed by atoms with E-state index in [-0.39, 0.29) is 11.3 Å². The number of benzene rings is 1. The summed E-state index contributed by atoms with van der Waals surface area (Å²) in [6, 6.07) is 4.21. The van der Waals surface area contributed by atoms with Gasteiger partial charge in [-0.15, -0.1) is 0 Å². The van der Waals surface area contributed by atoms with E-state index in [0.717, 1.165) is 20.3 Å². The lowest BCUT2D eigenvalue weighted by Crippen LogP contribution is -2.15. The molecule has 0 fully saturated rings. The molecule has 0 aliphatic rings. The Morgan fingerprint density at radius 3 is 2.25 bits per heavy atom. The largest absolute Gasteiger partial charge is 0.465 e. The molecular formula is C12H10BrNO6. The Balaban J connectivity index is 3.41. The van der Waals surface area contributed by atoms with Gasteiger partial charge in [-0.05, 0) is 18.2 Å². The summed E-state index contributed by atoms with van der Waals surface area (Å²) in [5.74, 6) is -1.87. The maximum Gasteiger partial charge on any atom is 0.345 e. The van der Waals surface area contributed by atoms with E-state index in [9.17, 15) is 19.7 Å². The van der Waals surface area contributed by atoms with Crippen molar-refractivity contribution in [3.63, 3.8) is 0 Å². The third-order valence-electron chi connectivity index (χ3n) is 2.30. The van der Waals surface area contributed by atoms with Gasteiger partial charge in [-0.2, -0.15) is 0 Å². The Hall–Kier alpha value is -2.22. The first-order valence-electron chi connectivity index (χ1n) is 5.23. The fourth-order valence-corrected chi connectivity index (χ4v) is 1.72. The Morgan fingerprint density at radius 2 is 1.80 bits per heavy atom. The standard InChI is InChI=1S/C12H10BrNO6/c1-19-11(15)9(12(16)20-2)5-7-3-4-8(13)6-10(7)14(17)18/h3-6H,1-2H3. The van der Waals surface area contributed by atoms with Gasteiger partial charge in [0.2, 0.25) is 0 Å². The number of nitro groups is 1. The second-order valence-corrected chi connectivity index (χ2v) is 4.42. The van der Waals surface area contributed by atoms with E-state index in [0.29, 0.717) is 4.47 Å². The molecule has 8 heteroatoms. The van der Waals surface area contributed by atoms with Crippen molar-refractivity contribution in [2.45, 2.75) is 0 Å². The van der Waals surface area contributed by atoms with Gasteiger partial charge in [-0.25, -0.2) is 9.59 Å². The second-order valence-electron chi connectivity index (χ2n) is 3.50. The summed E-state index contributed by atoms with van der Waals surface area (Å²) in [5.41, 5.74) is -0.603. The molecule has 0 N–H and O–H groups in total. The van der Waals surface area contributed by atoms with E-state index >= 15 is 0 Å². The summed E-state index contributed by atoms with van der Waals surface area (Å²) >= 11 is 3.11. The molecule has 0 aliphatic carbocycles. The van der Waals surface area contributed by atoms with Crippen molar-refractivity contribution in [3.8, 4) is 0 Å². The van der Waals surface area contributed by atoms with Crippen LogP contribution in [0.25, 0.3) is 6.08 Å². The highest BCUT2D eigenvalue weighted by atomic mass is 79.9. The van der Waals surface area contributed by atoms with Gasteiger partial charge in [0.25, 0.3) is 5.69 Å². The van der Waals surface area contributed by atoms with Crippen LogP contribution in [0, 0.1) is 10.1 Å². The third kappa shape index (κ3) is 3.64. The minimum absolute atomic E-state index is 0.0870. The van der Waals surface area contributed by atoms with E-state index < -0.39 is 22.4 Å². The molecule has 0 aliphatic heterocycles. The van der Waals surface area contributed by atoms with Crippen LogP contribution in [0.4, 0.5) is 5.69 Å². The number of nitrogens with zero attached hydrogens (tertiary/aromatic N) is 1. The van der Waals surface area contributed by atoms with Crippen molar-refractivity contribution in [3.05, 3.63) is 43.9 Å². The predicted octanol–water partition coefficient (Wildman–Crippen LogP) is 2.09. The van der Waals surface area contributed by atoms with Gasteiger partial charge in [0.05, 0.1) is 24.7 Å². The Bertz CT molecular complexity index is 578. The zero-order chi connectivity index (χ0) is 15.3. The zero-order valence-corrected chi connectivity index (χ0v) is 12.2. The van der Waals surface area contributed by atoms with E-state index in [4.69, 9.17) is 0 Å². The number of methoxy groups -OCH3 is 2. The molecule has 0 radical (unpaired) electrons. The lowest BCUT2D eigenvalue weighted by atomic mass is 10.1. The monoisotopic (exact) mass is 343 g/mol. The molecule has 106 valence electrons. The third-order valence-corrected chi connectivity index (χ3v) is 2.79. The number of esters is 2. The highest BCUT2D eigenvalue weighted by Gasteiger charge is 2.22. The normalized spacial score (nSPS) is 9.55. The topological polar surface area (TPSA) is 95.7 Å². The molecule has 20 heavy (non-hydrogen) atoms. The van der Waals surface area contributed by atoms with Crippen molar-refractivity contribution in [2.75, 3.05) is 14.2 Å². The molecule has 0 bridgehead atoms. The van der Waals surface area contributed by atoms with Gasteiger partial charge < -0.3 is 9.47 Å². The number of carbonyl (C=O) groups is 2. The van der Waals surface area contributed by atoms with E-state index in [1.165, 1.54) is 12.1 Å². The maximum absolute atomic E-state index is 11.5. The van der Waals surface area contributed by atoms with Crippen LogP contribution in [0.1, 0.15) is 5.56 Å². The van der Waals surface area contributed by atoms with Crippen molar-refractivity contribution in [1.29, 1.82) is 0 Å². The molecule has 0 amide bonds. The van der Waals surface area contributed by atoms with Gasteiger partial charge in [0.1, 0.15) is 5.57 Å². The quantitative estimate of drug-likeness (QED) is 0.207. The summed E-state index contributed by atoms with van der Waals surface area (Å²) in [6.45, 7) is 0. The van der Waals surface area contributed by atoms with E-state index in [1.807, 2.05) is 0 Å². The Labute approximate surface area is 122 Å². The minimum atomic E-state index is -0.936. The number of hydrogen-bond acceptors (Lipinski definition) is 6. The number of halogens is 1. The highest BCUT2D eigenvalue weighted by Crippen LogP contribution is 2.26. The highest BCUT2D eigenvalue weighted by molar-refractivity contribution is 9.10. The van der Waals surface area contributed by atoms with Crippen molar-refractivity contribution >= 4 is 39.6 Å². The number of ether oxygens (including phenoxy) is 2. The van der Waals surface area contributed by atoms with Gasteiger partial charge in [-0.3, -0.25) is 10.1 Å². The summed E-state index contributed by atoms with van der Waals surface area (Å²) < 4.78 is 9.39. The van der Waals surface area contributed by atoms with Crippen LogP contribution >= 0.6 is 15.9 Å². The summed E-state index contributed by atoms with van der Waals surface area (Å²) in [4.78, 5) is 33.3. The second kappa shape index (κ2) is 6.80. The number of rotatable bonds is 4. The minimum Gasteiger partial charge on any atom is -0.465 e. The molecular weight excluding hydrogens is 334 g/mol. The Kier molecular flexibility index (Phi) is 5.39. The first-order valence-corrected chi connectivity index (χ1v) is 6.02. The van der Waals surface area contributed by atoms with Crippen LogP contribution in [-0.4, -0.2) is 31.1 Å². The molecule has 1 aromatic rings.